The SMILES string of the molecule is CCCCCCCC/C=C/CCCCCCCC(=O)O[C@H]1CC[C@@]2(C)C(=CC=C3C2=CC[C@]2(C)[C@@H]([C@H](C)CCCC(C)C)CC[C@@H]32)C1. The van der Waals surface area contributed by atoms with E-state index in [1.165, 1.54) is 115 Å². The molecular formula is C45H74O2. The monoisotopic (exact) mass is 647 g/mol. The number of carbonyl (C=O) groups is 1. The fraction of sp³-hybridized carbons (Fsp3) is 0.800. The van der Waals surface area contributed by atoms with Crippen LogP contribution in [-0.4, -0.2) is 12.1 Å². The van der Waals surface area contributed by atoms with Gasteiger partial charge in [0, 0.05) is 18.3 Å². The minimum atomic E-state index is 0.0241. The Morgan fingerprint density at radius 1 is 0.851 bits per heavy atom. The van der Waals surface area contributed by atoms with Crippen molar-refractivity contribution in [3.05, 3.63) is 47.1 Å². The number of unbranched alkanes of at least 4 members (excludes halogenated alkanes) is 11. The van der Waals surface area contributed by atoms with Crippen LogP contribution in [0.4, 0.5) is 0 Å². The van der Waals surface area contributed by atoms with Crippen LogP contribution in [0, 0.1) is 34.5 Å². The smallest absolute Gasteiger partial charge is 0.306 e. The molecule has 2 fully saturated rings. The third-order valence-electron chi connectivity index (χ3n) is 13.1. The van der Waals surface area contributed by atoms with Crippen molar-refractivity contribution in [2.45, 2.75) is 195 Å². The van der Waals surface area contributed by atoms with Crippen molar-refractivity contribution in [3.8, 4) is 0 Å². The molecule has 4 rings (SSSR count). The second-order valence-electron chi connectivity index (χ2n) is 17.2. The van der Waals surface area contributed by atoms with Gasteiger partial charge in [-0.1, -0.05) is 148 Å². The molecule has 0 aromatic carbocycles. The minimum Gasteiger partial charge on any atom is -0.462 e. The first-order valence-corrected chi connectivity index (χ1v) is 20.7. The number of hydrogen-bond donors (Lipinski definition) is 0. The quantitative estimate of drug-likeness (QED) is 0.0704. The maximum atomic E-state index is 12.8. The molecule has 2 heteroatoms. The Bertz CT molecular complexity index is 1090. The fourth-order valence-electron chi connectivity index (χ4n) is 10.0. The first kappa shape index (κ1) is 38.2. The van der Waals surface area contributed by atoms with Crippen molar-refractivity contribution in [3.63, 3.8) is 0 Å². The number of rotatable bonds is 21. The van der Waals surface area contributed by atoms with Crippen LogP contribution in [0.3, 0.4) is 0 Å². The van der Waals surface area contributed by atoms with E-state index >= 15 is 0 Å². The molecule has 0 saturated heterocycles. The number of allylic oxidation sites excluding steroid dienone is 7. The standard InChI is InChI=1S/C45H74O2/c1-7-8-9-10-11-12-13-14-15-16-17-18-19-20-21-25-43(46)47-38-30-32-44(5)37(34-38)26-27-39-41-29-28-40(36(4)24-22-23-35(2)3)45(41,6)33-31-42(39)44/h14-15,26-27,31,35-36,38,40-41H,7-13,16-25,28-30,32-34H2,1-6H3/b15-14+/t36-,38+,40-,41+,44+,45-/m1/s1. The van der Waals surface area contributed by atoms with E-state index in [9.17, 15) is 4.79 Å². The van der Waals surface area contributed by atoms with Gasteiger partial charge in [0.15, 0.2) is 0 Å². The summed E-state index contributed by atoms with van der Waals surface area (Å²) in [5, 5.41) is 0. The van der Waals surface area contributed by atoms with Gasteiger partial charge in [-0.25, -0.2) is 0 Å². The van der Waals surface area contributed by atoms with Gasteiger partial charge in [0.2, 0.25) is 0 Å². The van der Waals surface area contributed by atoms with Crippen LogP contribution in [-0.2, 0) is 9.53 Å². The number of carbonyl (C=O) groups excluding carboxylic acids is 1. The van der Waals surface area contributed by atoms with Crippen LogP contribution in [0.2, 0.25) is 0 Å². The van der Waals surface area contributed by atoms with E-state index < -0.39 is 0 Å². The number of ether oxygens (including phenoxy) is 1. The van der Waals surface area contributed by atoms with Crippen LogP contribution >= 0.6 is 0 Å². The second kappa shape index (κ2) is 19.0. The highest BCUT2D eigenvalue weighted by molar-refractivity contribution is 5.69. The molecule has 0 N–H and O–H groups in total. The van der Waals surface area contributed by atoms with Gasteiger partial charge in [0.1, 0.15) is 6.10 Å². The number of hydrogen-bond acceptors (Lipinski definition) is 2. The fourth-order valence-corrected chi connectivity index (χ4v) is 10.0. The van der Waals surface area contributed by atoms with E-state index in [0.29, 0.717) is 17.8 Å². The Kier molecular flexibility index (Phi) is 15.4. The summed E-state index contributed by atoms with van der Waals surface area (Å²) in [5.41, 5.74) is 5.31. The van der Waals surface area contributed by atoms with Gasteiger partial charge in [-0.05, 0) is 104 Å². The maximum Gasteiger partial charge on any atom is 0.306 e. The average molecular weight is 647 g/mol. The third-order valence-corrected chi connectivity index (χ3v) is 13.1. The average Bonchev–Trinajstić information content (AvgIpc) is 3.40. The topological polar surface area (TPSA) is 26.3 Å². The highest BCUT2D eigenvalue weighted by Gasteiger charge is 2.54. The van der Waals surface area contributed by atoms with Crippen molar-refractivity contribution < 1.29 is 9.53 Å². The zero-order valence-electron chi connectivity index (χ0n) is 31.9. The Hall–Kier alpha value is -1.57. The molecule has 47 heavy (non-hydrogen) atoms. The van der Waals surface area contributed by atoms with Gasteiger partial charge >= 0.3 is 5.97 Å². The van der Waals surface area contributed by atoms with Crippen molar-refractivity contribution in [1.29, 1.82) is 0 Å². The third kappa shape index (κ3) is 10.5. The molecule has 0 bridgehead atoms. The van der Waals surface area contributed by atoms with Gasteiger partial charge in [0.25, 0.3) is 0 Å². The van der Waals surface area contributed by atoms with E-state index in [0.717, 1.165) is 49.9 Å². The van der Waals surface area contributed by atoms with E-state index in [2.05, 4.69) is 71.9 Å². The van der Waals surface area contributed by atoms with Crippen LogP contribution in [0.1, 0.15) is 189 Å². The van der Waals surface area contributed by atoms with Gasteiger partial charge < -0.3 is 4.74 Å². The Balaban J connectivity index is 1.15. The van der Waals surface area contributed by atoms with Gasteiger partial charge in [0.05, 0.1) is 0 Å². The van der Waals surface area contributed by atoms with Crippen molar-refractivity contribution in [2.75, 3.05) is 0 Å². The van der Waals surface area contributed by atoms with E-state index in [1.807, 2.05) is 0 Å². The lowest BCUT2D eigenvalue weighted by molar-refractivity contribution is -0.150. The molecule has 0 aromatic rings. The molecule has 0 aromatic heterocycles. The number of esters is 1. The summed E-state index contributed by atoms with van der Waals surface area (Å²) >= 11 is 0. The summed E-state index contributed by atoms with van der Waals surface area (Å²) in [5.74, 6) is 3.21. The molecule has 2 saturated carbocycles. The largest absolute Gasteiger partial charge is 0.462 e. The summed E-state index contributed by atoms with van der Waals surface area (Å²) in [6, 6.07) is 0. The van der Waals surface area contributed by atoms with Crippen LogP contribution < -0.4 is 0 Å². The van der Waals surface area contributed by atoms with Crippen LogP contribution in [0.5, 0.6) is 0 Å². The number of fused-ring (bicyclic) bond motifs is 5. The predicted molar refractivity (Wildman–Crippen MR) is 202 cm³/mol. The Morgan fingerprint density at radius 3 is 2.23 bits per heavy atom. The van der Waals surface area contributed by atoms with Crippen LogP contribution in [0.15, 0.2) is 47.1 Å². The minimum absolute atomic E-state index is 0.0241. The molecule has 4 aliphatic rings. The highest BCUT2D eigenvalue weighted by Crippen LogP contribution is 2.64. The second-order valence-corrected chi connectivity index (χ2v) is 17.2. The molecule has 266 valence electrons. The molecule has 2 nitrogen and oxygen atoms in total. The van der Waals surface area contributed by atoms with Gasteiger partial charge in [-0.15, -0.1) is 0 Å². The van der Waals surface area contributed by atoms with E-state index in [4.69, 9.17) is 4.74 Å². The molecule has 0 aliphatic heterocycles. The molecule has 4 aliphatic carbocycles. The van der Waals surface area contributed by atoms with Crippen molar-refractivity contribution in [2.24, 2.45) is 34.5 Å². The van der Waals surface area contributed by atoms with Gasteiger partial charge in [-0.3, -0.25) is 4.79 Å². The first-order chi connectivity index (χ1) is 22.7. The van der Waals surface area contributed by atoms with E-state index in [-0.39, 0.29) is 17.5 Å². The molecule has 0 spiro atoms. The zero-order chi connectivity index (χ0) is 33.7. The molecule has 0 amide bonds. The molecule has 0 radical (unpaired) electrons. The zero-order valence-corrected chi connectivity index (χ0v) is 31.9. The molecule has 0 heterocycles. The first-order valence-electron chi connectivity index (χ1n) is 20.7. The van der Waals surface area contributed by atoms with Gasteiger partial charge in [-0.2, -0.15) is 0 Å². The summed E-state index contributed by atoms with van der Waals surface area (Å²) in [4.78, 5) is 12.8. The summed E-state index contributed by atoms with van der Waals surface area (Å²) in [7, 11) is 0. The lowest BCUT2D eigenvalue weighted by Crippen LogP contribution is -2.41. The van der Waals surface area contributed by atoms with E-state index in [1.54, 1.807) is 11.1 Å². The normalized spacial score (nSPS) is 29.2. The summed E-state index contributed by atoms with van der Waals surface area (Å²) in [6.45, 7) is 14.7. The maximum absolute atomic E-state index is 12.8. The molecule has 6 atom stereocenters. The summed E-state index contributed by atoms with van der Waals surface area (Å²) in [6.07, 6.45) is 40.8. The van der Waals surface area contributed by atoms with Crippen LogP contribution in [0.25, 0.3) is 0 Å². The van der Waals surface area contributed by atoms with Crippen molar-refractivity contribution in [1.82, 2.24) is 0 Å². The lowest BCUT2D eigenvalue weighted by Gasteiger charge is -2.51. The predicted octanol–water partition coefficient (Wildman–Crippen LogP) is 13.8. The summed E-state index contributed by atoms with van der Waals surface area (Å²) < 4.78 is 6.08. The Morgan fingerprint density at radius 2 is 1.53 bits per heavy atom. The Labute approximate surface area is 291 Å². The highest BCUT2D eigenvalue weighted by atomic mass is 16.5. The molecular weight excluding hydrogens is 572 g/mol. The molecule has 0 unspecified atom stereocenters. The lowest BCUT2D eigenvalue weighted by atomic mass is 9.54. The van der Waals surface area contributed by atoms with Crippen molar-refractivity contribution >= 4 is 5.97 Å².